The van der Waals surface area contributed by atoms with Crippen molar-refractivity contribution in [3.63, 3.8) is 0 Å². The van der Waals surface area contributed by atoms with Crippen LogP contribution in [0.4, 0.5) is 0 Å². The summed E-state index contributed by atoms with van der Waals surface area (Å²) in [4.78, 5) is 42.4. The molecule has 4 heterocycles. The molecule has 0 amide bonds. The lowest BCUT2D eigenvalue weighted by molar-refractivity contribution is -0.135. The molecule has 1 aliphatic heterocycles. The number of carbonyl (C=O) groups is 1. The molecule has 0 radical (unpaired) electrons. The number of para-hydroxylation sites is 1. The third-order valence-electron chi connectivity index (χ3n) is 4.75. The summed E-state index contributed by atoms with van der Waals surface area (Å²) in [6.07, 6.45) is 2.77. The minimum atomic E-state index is -0.779. The summed E-state index contributed by atoms with van der Waals surface area (Å²) in [6.45, 7) is 0. The van der Waals surface area contributed by atoms with E-state index in [1.807, 2.05) is 0 Å². The zero-order valence-corrected chi connectivity index (χ0v) is 13.9. The van der Waals surface area contributed by atoms with Gasteiger partial charge in [0.25, 0.3) is 5.56 Å². The van der Waals surface area contributed by atoms with Crippen molar-refractivity contribution >= 4 is 22.6 Å². The Balaban J connectivity index is 1.82. The van der Waals surface area contributed by atoms with Crippen LogP contribution in [-0.4, -0.2) is 15.4 Å². The van der Waals surface area contributed by atoms with Crippen LogP contribution < -0.4 is 15.7 Å². The zero-order chi connectivity index (χ0) is 18.5. The molecular formula is C20H12N2O5. The summed E-state index contributed by atoms with van der Waals surface area (Å²) in [6, 6.07) is 11.9. The van der Waals surface area contributed by atoms with Crippen molar-refractivity contribution in [2.24, 2.45) is 0 Å². The number of esters is 1. The number of ether oxygens (including phenoxy) is 1. The monoisotopic (exact) mass is 360 g/mol. The van der Waals surface area contributed by atoms with Gasteiger partial charge in [0.1, 0.15) is 11.2 Å². The molecule has 0 saturated heterocycles. The summed E-state index contributed by atoms with van der Waals surface area (Å²) < 4.78 is 12.1. The van der Waals surface area contributed by atoms with Gasteiger partial charge >= 0.3 is 5.97 Å². The second kappa shape index (κ2) is 5.63. The quantitative estimate of drug-likeness (QED) is 0.484. The largest absolute Gasteiger partial charge is 0.464 e. The van der Waals surface area contributed by atoms with Gasteiger partial charge in [-0.15, -0.1) is 0 Å². The van der Waals surface area contributed by atoms with Crippen LogP contribution in [0.25, 0.3) is 16.6 Å². The van der Waals surface area contributed by atoms with Crippen molar-refractivity contribution in [1.82, 2.24) is 9.38 Å². The predicted octanol–water partition coefficient (Wildman–Crippen LogP) is 2.24. The molecule has 4 aromatic rings. The molecule has 132 valence electrons. The molecule has 0 aliphatic carbocycles. The van der Waals surface area contributed by atoms with Crippen molar-refractivity contribution in [3.8, 4) is 5.88 Å². The first-order chi connectivity index (χ1) is 13.1. The van der Waals surface area contributed by atoms with Gasteiger partial charge in [-0.25, -0.2) is 0 Å². The molecule has 1 aliphatic rings. The molecule has 3 aromatic heterocycles. The molecule has 1 aromatic carbocycles. The number of hydrogen-bond acceptors (Lipinski definition) is 6. The molecule has 7 heteroatoms. The second-order valence-corrected chi connectivity index (χ2v) is 6.31. The highest BCUT2D eigenvalue weighted by Crippen LogP contribution is 2.34. The highest BCUT2D eigenvalue weighted by Gasteiger charge is 2.35. The SMILES string of the molecule is O=C1C[C@H](c2coc3ccccc3c2=O)c2c(nc3ccccn3c2=O)O1. The lowest BCUT2D eigenvalue weighted by Gasteiger charge is -2.23. The van der Waals surface area contributed by atoms with Gasteiger partial charge in [0, 0.05) is 17.7 Å². The number of rotatable bonds is 1. The van der Waals surface area contributed by atoms with E-state index in [0.717, 1.165) is 0 Å². The lowest BCUT2D eigenvalue weighted by Crippen LogP contribution is -2.32. The first-order valence-corrected chi connectivity index (χ1v) is 8.36. The second-order valence-electron chi connectivity index (χ2n) is 6.31. The number of carbonyl (C=O) groups excluding carboxylic acids is 1. The topological polar surface area (TPSA) is 90.9 Å². The fourth-order valence-corrected chi connectivity index (χ4v) is 3.48. The molecule has 0 fully saturated rings. The molecular weight excluding hydrogens is 348 g/mol. The predicted molar refractivity (Wildman–Crippen MR) is 96.0 cm³/mol. The fraction of sp³-hybridized carbons (Fsp3) is 0.100. The van der Waals surface area contributed by atoms with Crippen LogP contribution >= 0.6 is 0 Å². The number of benzene rings is 1. The Morgan fingerprint density at radius 2 is 1.85 bits per heavy atom. The van der Waals surface area contributed by atoms with Gasteiger partial charge in [-0.2, -0.15) is 4.98 Å². The van der Waals surface area contributed by atoms with Gasteiger partial charge in [0.05, 0.1) is 23.6 Å². The summed E-state index contributed by atoms with van der Waals surface area (Å²) in [5.41, 5.74) is 0.571. The molecule has 1 atom stereocenters. The minimum Gasteiger partial charge on any atom is -0.464 e. The van der Waals surface area contributed by atoms with E-state index in [9.17, 15) is 14.4 Å². The van der Waals surface area contributed by atoms with E-state index in [1.165, 1.54) is 10.7 Å². The summed E-state index contributed by atoms with van der Waals surface area (Å²) in [7, 11) is 0. The van der Waals surface area contributed by atoms with Crippen molar-refractivity contribution in [1.29, 1.82) is 0 Å². The third kappa shape index (κ3) is 2.28. The smallest absolute Gasteiger partial charge is 0.313 e. The molecule has 0 N–H and O–H groups in total. The number of pyridine rings is 1. The van der Waals surface area contributed by atoms with Crippen molar-refractivity contribution < 1.29 is 13.9 Å². The summed E-state index contributed by atoms with van der Waals surface area (Å²) in [5, 5.41) is 0.393. The standard InChI is InChI=1S/C20H12N2O5/c23-16-9-12(13-10-26-14-6-2-1-5-11(14)18(13)24)17-19(27-16)21-15-7-3-4-8-22(15)20(17)25/h1-8,10,12H,9H2/t12-/m1/s1. The summed E-state index contributed by atoms with van der Waals surface area (Å²) >= 11 is 0. The Labute approximate surface area is 151 Å². The molecule has 0 unspecified atom stereocenters. The average molecular weight is 360 g/mol. The normalized spacial score (nSPS) is 16.3. The molecule has 0 bridgehead atoms. The van der Waals surface area contributed by atoms with Crippen LogP contribution in [0.3, 0.4) is 0 Å². The van der Waals surface area contributed by atoms with Crippen molar-refractivity contribution in [2.45, 2.75) is 12.3 Å². The van der Waals surface area contributed by atoms with Gasteiger partial charge < -0.3 is 9.15 Å². The van der Waals surface area contributed by atoms with Crippen LogP contribution in [0, 0.1) is 0 Å². The van der Waals surface area contributed by atoms with Crippen molar-refractivity contribution in [2.75, 3.05) is 0 Å². The molecule has 0 saturated carbocycles. The van der Waals surface area contributed by atoms with E-state index in [2.05, 4.69) is 4.98 Å². The lowest BCUT2D eigenvalue weighted by atomic mass is 9.88. The van der Waals surface area contributed by atoms with Crippen LogP contribution in [0.5, 0.6) is 5.88 Å². The Hall–Kier alpha value is -3.74. The average Bonchev–Trinajstić information content (AvgIpc) is 2.68. The Morgan fingerprint density at radius 1 is 1.04 bits per heavy atom. The highest BCUT2D eigenvalue weighted by atomic mass is 16.5. The Morgan fingerprint density at radius 3 is 2.74 bits per heavy atom. The highest BCUT2D eigenvalue weighted by molar-refractivity contribution is 5.79. The first kappa shape index (κ1) is 15.5. The van der Waals surface area contributed by atoms with Crippen LogP contribution in [0.15, 0.2) is 68.9 Å². The number of aromatic nitrogens is 2. The first-order valence-electron chi connectivity index (χ1n) is 8.36. The van der Waals surface area contributed by atoms with Gasteiger partial charge in [-0.3, -0.25) is 18.8 Å². The van der Waals surface area contributed by atoms with Crippen LogP contribution in [0.1, 0.15) is 23.5 Å². The van der Waals surface area contributed by atoms with Gasteiger partial charge in [-0.1, -0.05) is 18.2 Å². The Bertz CT molecular complexity index is 1350. The van der Waals surface area contributed by atoms with Gasteiger partial charge in [0.15, 0.2) is 5.43 Å². The molecule has 7 nitrogen and oxygen atoms in total. The summed E-state index contributed by atoms with van der Waals surface area (Å²) in [5.74, 6) is -1.38. The maximum atomic E-state index is 13.0. The molecule has 27 heavy (non-hydrogen) atoms. The van der Waals surface area contributed by atoms with Gasteiger partial charge in [0.2, 0.25) is 5.88 Å². The van der Waals surface area contributed by atoms with Crippen LogP contribution in [0.2, 0.25) is 0 Å². The third-order valence-corrected chi connectivity index (χ3v) is 4.75. The van der Waals surface area contributed by atoms with E-state index in [1.54, 1.807) is 48.7 Å². The van der Waals surface area contributed by atoms with E-state index in [0.29, 0.717) is 16.6 Å². The zero-order valence-electron chi connectivity index (χ0n) is 13.9. The maximum absolute atomic E-state index is 13.0. The molecule has 0 spiro atoms. The van der Waals surface area contributed by atoms with E-state index < -0.39 is 11.9 Å². The minimum absolute atomic E-state index is 0.0555. The number of fused-ring (bicyclic) bond motifs is 3. The molecule has 5 rings (SSSR count). The van der Waals surface area contributed by atoms with E-state index in [-0.39, 0.29) is 34.4 Å². The Kier molecular flexibility index (Phi) is 3.24. The van der Waals surface area contributed by atoms with E-state index >= 15 is 0 Å². The number of nitrogens with zero attached hydrogens (tertiary/aromatic N) is 2. The van der Waals surface area contributed by atoms with E-state index in [4.69, 9.17) is 9.15 Å². The van der Waals surface area contributed by atoms with Crippen LogP contribution in [-0.2, 0) is 4.79 Å². The maximum Gasteiger partial charge on any atom is 0.313 e. The number of hydrogen-bond donors (Lipinski definition) is 0. The van der Waals surface area contributed by atoms with Crippen molar-refractivity contribution in [3.05, 3.63) is 86.6 Å². The van der Waals surface area contributed by atoms with Gasteiger partial charge in [-0.05, 0) is 24.3 Å². The fourth-order valence-electron chi connectivity index (χ4n) is 3.48.